The molecule has 0 spiro atoms. The summed E-state index contributed by atoms with van der Waals surface area (Å²) in [6.45, 7) is 3.37. The number of pyridine rings is 1. The summed E-state index contributed by atoms with van der Waals surface area (Å²) in [7, 11) is 0. The number of ether oxygens (including phenoxy) is 1. The van der Waals surface area contributed by atoms with Crippen LogP contribution in [0.25, 0.3) is 16.9 Å². The predicted octanol–water partition coefficient (Wildman–Crippen LogP) is 4.20. The lowest BCUT2D eigenvalue weighted by atomic mass is 10.1. The van der Waals surface area contributed by atoms with E-state index < -0.39 is 0 Å². The van der Waals surface area contributed by atoms with Crippen LogP contribution >= 0.6 is 0 Å². The second-order valence-electron chi connectivity index (χ2n) is 9.74. The lowest BCUT2D eigenvalue weighted by Gasteiger charge is -2.46. The number of aromatic nitrogens is 4. The number of imidazole rings is 1. The number of hydrogen-bond donors (Lipinski definition) is 3. The highest BCUT2D eigenvalue weighted by Gasteiger charge is 2.33. The SMILES string of the molecule is N=Cc1ccc(-c2cn3ccnc3c(Nc3ccc4c(c3)OCC3CN(c5cccnc5)CCN43)n2)cc1N. The van der Waals surface area contributed by atoms with E-state index in [1.807, 2.05) is 53.3 Å². The summed E-state index contributed by atoms with van der Waals surface area (Å²) < 4.78 is 8.20. The smallest absolute Gasteiger partial charge is 0.180 e. The fourth-order valence-electron chi connectivity index (χ4n) is 5.38. The zero-order valence-electron chi connectivity index (χ0n) is 21.2. The van der Waals surface area contributed by atoms with Gasteiger partial charge in [0.15, 0.2) is 11.5 Å². The Labute approximate surface area is 225 Å². The van der Waals surface area contributed by atoms with Crippen molar-refractivity contribution < 1.29 is 4.74 Å². The number of benzene rings is 2. The van der Waals surface area contributed by atoms with Crippen LogP contribution in [0.1, 0.15) is 5.56 Å². The molecule has 10 heteroatoms. The van der Waals surface area contributed by atoms with Gasteiger partial charge < -0.3 is 35.4 Å². The summed E-state index contributed by atoms with van der Waals surface area (Å²) in [5.41, 5.74) is 12.8. The van der Waals surface area contributed by atoms with Crippen LogP contribution in [0.3, 0.4) is 0 Å². The van der Waals surface area contributed by atoms with E-state index in [-0.39, 0.29) is 6.04 Å². The van der Waals surface area contributed by atoms with Crippen LogP contribution in [0.15, 0.2) is 79.5 Å². The van der Waals surface area contributed by atoms with E-state index in [1.54, 1.807) is 12.4 Å². The van der Waals surface area contributed by atoms with Crippen molar-refractivity contribution in [3.63, 3.8) is 0 Å². The summed E-state index contributed by atoms with van der Waals surface area (Å²) in [6.07, 6.45) is 10.5. The predicted molar refractivity (Wildman–Crippen MR) is 154 cm³/mol. The minimum atomic E-state index is 0.277. The number of nitrogens with two attached hydrogens (primary N) is 1. The average molecular weight is 518 g/mol. The summed E-state index contributed by atoms with van der Waals surface area (Å²) in [5, 5.41) is 11.0. The van der Waals surface area contributed by atoms with E-state index >= 15 is 0 Å². The summed E-state index contributed by atoms with van der Waals surface area (Å²) >= 11 is 0. The van der Waals surface area contributed by atoms with Crippen LogP contribution < -0.4 is 25.6 Å². The summed E-state index contributed by atoms with van der Waals surface area (Å²) in [4.78, 5) is 18.5. The first-order chi connectivity index (χ1) is 19.2. The van der Waals surface area contributed by atoms with Gasteiger partial charge in [-0.3, -0.25) is 4.98 Å². The number of nitrogens with one attached hydrogen (secondary N) is 2. The van der Waals surface area contributed by atoms with Crippen molar-refractivity contribution in [2.75, 3.05) is 47.1 Å². The first-order valence-corrected chi connectivity index (χ1v) is 12.9. The maximum atomic E-state index is 7.51. The fraction of sp³-hybridized carbons (Fsp3) is 0.172. The third-order valence-corrected chi connectivity index (χ3v) is 7.37. The highest BCUT2D eigenvalue weighted by molar-refractivity contribution is 5.87. The maximum Gasteiger partial charge on any atom is 0.180 e. The van der Waals surface area contributed by atoms with Crippen molar-refractivity contribution >= 4 is 40.4 Å². The lowest BCUT2D eigenvalue weighted by molar-refractivity contribution is 0.255. The molecule has 2 aliphatic rings. The van der Waals surface area contributed by atoms with Gasteiger partial charge in [0, 0.05) is 79.2 Å². The van der Waals surface area contributed by atoms with E-state index in [2.05, 4.69) is 43.3 Å². The highest BCUT2D eigenvalue weighted by Crippen LogP contribution is 2.38. The van der Waals surface area contributed by atoms with Gasteiger partial charge in [-0.15, -0.1) is 0 Å². The molecule has 1 unspecified atom stereocenters. The molecule has 0 radical (unpaired) electrons. The molecular weight excluding hydrogens is 490 g/mol. The normalized spacial score (nSPS) is 16.4. The molecule has 0 amide bonds. The minimum Gasteiger partial charge on any atom is -0.489 e. The van der Waals surface area contributed by atoms with Crippen LogP contribution in [0.4, 0.5) is 28.6 Å². The molecule has 3 aromatic heterocycles. The number of hydrogen-bond acceptors (Lipinski definition) is 9. The van der Waals surface area contributed by atoms with Crippen LogP contribution in [0.2, 0.25) is 0 Å². The van der Waals surface area contributed by atoms with Crippen LogP contribution in [-0.4, -0.2) is 57.9 Å². The van der Waals surface area contributed by atoms with E-state index in [9.17, 15) is 0 Å². The Balaban J connectivity index is 1.15. The molecule has 1 atom stereocenters. The van der Waals surface area contributed by atoms with Gasteiger partial charge in [0.25, 0.3) is 0 Å². The van der Waals surface area contributed by atoms with Gasteiger partial charge in [0.05, 0.1) is 29.3 Å². The van der Waals surface area contributed by atoms with Crippen molar-refractivity contribution in [3.05, 3.63) is 85.1 Å². The van der Waals surface area contributed by atoms with E-state index in [0.717, 1.165) is 53.7 Å². The first kappa shape index (κ1) is 23.0. The molecule has 0 aliphatic carbocycles. The largest absolute Gasteiger partial charge is 0.489 e. The third kappa shape index (κ3) is 4.15. The number of nitrogen functional groups attached to an aromatic ring is 1. The molecule has 194 valence electrons. The van der Waals surface area contributed by atoms with Gasteiger partial charge in [0.1, 0.15) is 12.4 Å². The fourth-order valence-corrected chi connectivity index (χ4v) is 5.38. The number of fused-ring (bicyclic) bond motifs is 4. The third-order valence-electron chi connectivity index (χ3n) is 7.37. The second-order valence-corrected chi connectivity index (χ2v) is 9.74. The molecule has 39 heavy (non-hydrogen) atoms. The van der Waals surface area contributed by atoms with Crippen molar-refractivity contribution in [2.45, 2.75) is 6.04 Å². The van der Waals surface area contributed by atoms with Gasteiger partial charge in [-0.1, -0.05) is 12.1 Å². The van der Waals surface area contributed by atoms with Gasteiger partial charge in [0.2, 0.25) is 0 Å². The Hall–Kier alpha value is -5.12. The van der Waals surface area contributed by atoms with Gasteiger partial charge in [-0.25, -0.2) is 9.97 Å². The monoisotopic (exact) mass is 517 g/mol. The molecule has 7 rings (SSSR count). The van der Waals surface area contributed by atoms with Crippen LogP contribution in [-0.2, 0) is 0 Å². The first-order valence-electron chi connectivity index (χ1n) is 12.9. The van der Waals surface area contributed by atoms with Crippen molar-refractivity contribution in [3.8, 4) is 17.0 Å². The highest BCUT2D eigenvalue weighted by atomic mass is 16.5. The molecule has 0 saturated carbocycles. The molecule has 2 aliphatic heterocycles. The molecule has 10 nitrogen and oxygen atoms in total. The molecule has 2 aromatic carbocycles. The Morgan fingerprint density at radius 3 is 2.90 bits per heavy atom. The van der Waals surface area contributed by atoms with Gasteiger partial charge >= 0.3 is 0 Å². The van der Waals surface area contributed by atoms with E-state index in [0.29, 0.717) is 29.3 Å². The van der Waals surface area contributed by atoms with Crippen LogP contribution in [0.5, 0.6) is 5.75 Å². The molecule has 1 fully saturated rings. The van der Waals surface area contributed by atoms with Gasteiger partial charge in [-0.2, -0.15) is 0 Å². The molecular formula is C29H27N9O. The van der Waals surface area contributed by atoms with E-state index in [4.69, 9.17) is 20.9 Å². The number of anilines is 5. The quantitative estimate of drug-likeness (QED) is 0.234. The number of nitrogens with zero attached hydrogens (tertiary/aromatic N) is 6. The van der Waals surface area contributed by atoms with E-state index in [1.165, 1.54) is 6.21 Å². The van der Waals surface area contributed by atoms with Gasteiger partial charge in [-0.05, 0) is 30.3 Å². The van der Waals surface area contributed by atoms with Crippen LogP contribution in [0, 0.1) is 5.41 Å². The summed E-state index contributed by atoms with van der Waals surface area (Å²) in [5.74, 6) is 1.49. The maximum absolute atomic E-state index is 7.51. The Morgan fingerprint density at radius 2 is 2.05 bits per heavy atom. The van der Waals surface area contributed by atoms with Crippen molar-refractivity contribution in [1.29, 1.82) is 5.41 Å². The number of piperazine rings is 1. The zero-order chi connectivity index (χ0) is 26.3. The summed E-state index contributed by atoms with van der Waals surface area (Å²) in [6, 6.07) is 16.2. The molecule has 0 bridgehead atoms. The second kappa shape index (κ2) is 9.32. The Bertz CT molecular complexity index is 1680. The van der Waals surface area contributed by atoms with Crippen molar-refractivity contribution in [1.82, 2.24) is 19.4 Å². The standard InChI is InChI=1S/C29H27N9O/c30-14-20-4-3-19(12-24(20)31)25-17-37-9-8-33-29(37)28(35-25)34-21-5-6-26-27(13-21)39-18-23-16-36(10-11-38(23)26)22-2-1-7-32-15-22/h1-9,12-15,17,23,30H,10-11,16,18,31H2,(H,34,35). The Morgan fingerprint density at radius 1 is 1.10 bits per heavy atom. The average Bonchev–Trinajstić information content (AvgIpc) is 3.46. The Kier molecular flexibility index (Phi) is 5.50. The minimum absolute atomic E-state index is 0.277. The molecule has 5 heterocycles. The molecule has 5 aromatic rings. The molecule has 4 N–H and O–H groups in total. The van der Waals surface area contributed by atoms with Crippen molar-refractivity contribution in [2.24, 2.45) is 0 Å². The topological polar surface area (TPSA) is 121 Å². The molecule has 1 saturated heterocycles. The lowest BCUT2D eigenvalue weighted by Crippen LogP contribution is -2.57. The number of rotatable bonds is 5. The zero-order valence-corrected chi connectivity index (χ0v) is 21.2.